The van der Waals surface area contributed by atoms with E-state index in [1.54, 1.807) is 43.3 Å². The summed E-state index contributed by atoms with van der Waals surface area (Å²) in [6, 6.07) is 14.9. The number of esters is 1. The molecule has 0 N–H and O–H groups in total. The van der Waals surface area contributed by atoms with Crippen molar-refractivity contribution in [3.05, 3.63) is 60.2 Å². The second-order valence-corrected chi connectivity index (χ2v) is 5.38. The summed E-state index contributed by atoms with van der Waals surface area (Å²) in [6.45, 7) is 1.74. The van der Waals surface area contributed by atoms with Gasteiger partial charge in [0.25, 0.3) is 5.91 Å². The van der Waals surface area contributed by atoms with Gasteiger partial charge in [-0.1, -0.05) is 18.2 Å². The highest BCUT2D eigenvalue weighted by Gasteiger charge is 2.34. The molecule has 3 rings (SSSR count). The minimum absolute atomic E-state index is 0.251. The number of carbonyl (C=O) groups excluding carboxylic acids is 2. The minimum atomic E-state index is -0.750. The van der Waals surface area contributed by atoms with Crippen molar-refractivity contribution in [2.45, 2.75) is 13.0 Å². The predicted octanol–water partition coefficient (Wildman–Crippen LogP) is 3.35. The van der Waals surface area contributed by atoms with E-state index in [4.69, 9.17) is 0 Å². The number of ether oxygens (including phenoxy) is 1. The molecule has 1 aliphatic heterocycles. The van der Waals surface area contributed by atoms with Gasteiger partial charge in [0.2, 0.25) is 0 Å². The Balaban J connectivity index is 1.75. The third-order valence-electron chi connectivity index (χ3n) is 3.67. The van der Waals surface area contributed by atoms with Gasteiger partial charge in [-0.25, -0.2) is 4.79 Å². The largest absolute Gasteiger partial charge is 0.465 e. The first-order chi connectivity index (χ1) is 12.1. The number of hydrogen-bond donors (Lipinski definition) is 0. The summed E-state index contributed by atoms with van der Waals surface area (Å²) in [5.74, 6) is -0.672. The van der Waals surface area contributed by atoms with Crippen molar-refractivity contribution < 1.29 is 14.3 Å². The molecule has 7 heteroatoms. The molecule has 25 heavy (non-hydrogen) atoms. The standard InChI is InChI=1S/C18H16N4O3/c1-12-16(17(23)22(21-12)15-6-4-3-5-7-15)20-19-14-10-8-13(9-11-14)18(24)25-2/h3-11,16H,1-2H3. The monoisotopic (exact) mass is 336 g/mol. The molecular formula is C18H16N4O3. The number of carbonyl (C=O) groups is 2. The molecule has 1 unspecified atom stereocenters. The third-order valence-corrected chi connectivity index (χ3v) is 3.67. The number of para-hydroxylation sites is 1. The highest BCUT2D eigenvalue weighted by molar-refractivity contribution is 6.18. The third kappa shape index (κ3) is 3.45. The number of hydrogen-bond acceptors (Lipinski definition) is 6. The van der Waals surface area contributed by atoms with Crippen LogP contribution in [-0.2, 0) is 9.53 Å². The Labute approximate surface area is 144 Å². The zero-order valence-corrected chi connectivity index (χ0v) is 13.8. The van der Waals surface area contributed by atoms with E-state index in [0.29, 0.717) is 22.6 Å². The van der Waals surface area contributed by atoms with Crippen LogP contribution in [0.4, 0.5) is 11.4 Å². The summed E-state index contributed by atoms with van der Waals surface area (Å²) in [5.41, 5.74) is 2.22. The predicted molar refractivity (Wildman–Crippen MR) is 93.1 cm³/mol. The summed E-state index contributed by atoms with van der Waals surface area (Å²) in [7, 11) is 1.32. The molecule has 0 aliphatic carbocycles. The molecule has 2 aromatic rings. The van der Waals surface area contributed by atoms with E-state index in [-0.39, 0.29) is 5.91 Å². The summed E-state index contributed by atoms with van der Waals surface area (Å²) in [6.07, 6.45) is 0. The molecule has 2 aromatic carbocycles. The van der Waals surface area contributed by atoms with Gasteiger partial charge in [-0.05, 0) is 43.3 Å². The molecule has 0 spiro atoms. The Kier molecular flexibility index (Phi) is 4.65. The van der Waals surface area contributed by atoms with Crippen LogP contribution in [0.25, 0.3) is 0 Å². The van der Waals surface area contributed by atoms with E-state index < -0.39 is 12.0 Å². The molecule has 0 radical (unpaired) electrons. The van der Waals surface area contributed by atoms with Crippen LogP contribution in [0.2, 0.25) is 0 Å². The number of nitrogens with zero attached hydrogens (tertiary/aromatic N) is 4. The molecular weight excluding hydrogens is 320 g/mol. The van der Waals surface area contributed by atoms with Crippen LogP contribution >= 0.6 is 0 Å². The van der Waals surface area contributed by atoms with Gasteiger partial charge in [-0.3, -0.25) is 4.79 Å². The number of azo groups is 1. The van der Waals surface area contributed by atoms with Crippen molar-refractivity contribution in [1.82, 2.24) is 0 Å². The van der Waals surface area contributed by atoms with Crippen LogP contribution in [0.1, 0.15) is 17.3 Å². The lowest BCUT2D eigenvalue weighted by molar-refractivity contribution is -0.117. The number of rotatable bonds is 4. The lowest BCUT2D eigenvalue weighted by atomic mass is 10.2. The zero-order valence-electron chi connectivity index (χ0n) is 13.8. The van der Waals surface area contributed by atoms with Crippen LogP contribution < -0.4 is 5.01 Å². The fraction of sp³-hybridized carbons (Fsp3) is 0.167. The smallest absolute Gasteiger partial charge is 0.337 e. The topological polar surface area (TPSA) is 83.7 Å². The van der Waals surface area contributed by atoms with Crippen molar-refractivity contribution in [3.63, 3.8) is 0 Å². The van der Waals surface area contributed by atoms with Crippen LogP contribution in [0.15, 0.2) is 69.9 Å². The molecule has 0 fully saturated rings. The fourth-order valence-corrected chi connectivity index (χ4v) is 2.35. The SMILES string of the molecule is COC(=O)c1ccc(N=NC2C(=O)N(c3ccccc3)N=C2C)cc1. The van der Waals surface area contributed by atoms with Gasteiger partial charge in [0, 0.05) is 0 Å². The van der Waals surface area contributed by atoms with Crippen molar-refractivity contribution in [3.8, 4) is 0 Å². The molecule has 0 aromatic heterocycles. The van der Waals surface area contributed by atoms with Gasteiger partial charge in [0.1, 0.15) is 0 Å². The van der Waals surface area contributed by atoms with Gasteiger partial charge in [-0.2, -0.15) is 20.3 Å². The summed E-state index contributed by atoms with van der Waals surface area (Å²) < 4.78 is 4.64. The first kappa shape index (κ1) is 16.5. The fourth-order valence-electron chi connectivity index (χ4n) is 2.35. The Morgan fingerprint density at radius 3 is 2.44 bits per heavy atom. The maximum absolute atomic E-state index is 12.5. The van der Waals surface area contributed by atoms with E-state index in [1.807, 2.05) is 18.2 Å². The highest BCUT2D eigenvalue weighted by Crippen LogP contribution is 2.23. The summed E-state index contributed by atoms with van der Waals surface area (Å²) >= 11 is 0. The van der Waals surface area contributed by atoms with Crippen molar-refractivity contribution in [1.29, 1.82) is 0 Å². The molecule has 1 atom stereocenters. The van der Waals surface area contributed by atoms with Gasteiger partial charge < -0.3 is 4.74 Å². The van der Waals surface area contributed by atoms with E-state index >= 15 is 0 Å². The average Bonchev–Trinajstić information content (AvgIpc) is 2.94. The Hall–Kier alpha value is -3.35. The first-order valence-electron chi connectivity index (χ1n) is 7.63. The highest BCUT2D eigenvalue weighted by atomic mass is 16.5. The molecule has 126 valence electrons. The maximum Gasteiger partial charge on any atom is 0.337 e. The second-order valence-electron chi connectivity index (χ2n) is 5.38. The maximum atomic E-state index is 12.5. The quantitative estimate of drug-likeness (QED) is 0.634. The van der Waals surface area contributed by atoms with Crippen molar-refractivity contribution in [2.24, 2.45) is 15.3 Å². The van der Waals surface area contributed by atoms with E-state index in [1.165, 1.54) is 12.1 Å². The molecule has 0 saturated heterocycles. The van der Waals surface area contributed by atoms with Crippen LogP contribution in [0.5, 0.6) is 0 Å². The Bertz CT molecular complexity index is 844. The lowest BCUT2D eigenvalue weighted by Gasteiger charge is -2.11. The number of methoxy groups -OCH3 is 1. The van der Waals surface area contributed by atoms with Crippen LogP contribution in [0, 0.1) is 0 Å². The van der Waals surface area contributed by atoms with Crippen LogP contribution in [-0.4, -0.2) is 30.7 Å². The number of benzene rings is 2. The molecule has 7 nitrogen and oxygen atoms in total. The summed E-state index contributed by atoms with van der Waals surface area (Å²) in [5, 5.41) is 13.8. The number of hydrazone groups is 1. The Morgan fingerprint density at radius 1 is 1.12 bits per heavy atom. The second kappa shape index (κ2) is 7.04. The normalized spacial score (nSPS) is 17.0. The van der Waals surface area contributed by atoms with Crippen molar-refractivity contribution >= 4 is 29.0 Å². The lowest BCUT2D eigenvalue weighted by Crippen LogP contribution is -2.29. The minimum Gasteiger partial charge on any atom is -0.465 e. The summed E-state index contributed by atoms with van der Waals surface area (Å²) in [4.78, 5) is 23.9. The molecule has 1 aliphatic rings. The van der Waals surface area contributed by atoms with E-state index in [0.717, 1.165) is 0 Å². The van der Waals surface area contributed by atoms with Crippen LogP contribution in [0.3, 0.4) is 0 Å². The van der Waals surface area contributed by atoms with E-state index in [9.17, 15) is 9.59 Å². The van der Waals surface area contributed by atoms with Crippen molar-refractivity contribution in [2.75, 3.05) is 12.1 Å². The molecule has 1 amide bonds. The van der Waals surface area contributed by atoms with Gasteiger partial charge in [0.15, 0.2) is 6.04 Å². The number of anilines is 1. The van der Waals surface area contributed by atoms with Gasteiger partial charge in [0.05, 0.1) is 29.8 Å². The average molecular weight is 336 g/mol. The van der Waals surface area contributed by atoms with Gasteiger partial charge in [-0.15, -0.1) is 0 Å². The zero-order chi connectivity index (χ0) is 17.8. The first-order valence-corrected chi connectivity index (χ1v) is 7.63. The molecule has 0 bridgehead atoms. The van der Waals surface area contributed by atoms with Gasteiger partial charge >= 0.3 is 5.97 Å². The molecule has 0 saturated carbocycles. The Morgan fingerprint density at radius 2 is 1.80 bits per heavy atom. The molecule has 1 heterocycles. The number of amides is 1. The van der Waals surface area contributed by atoms with E-state index in [2.05, 4.69) is 20.1 Å².